The molecule has 0 aliphatic heterocycles. The maximum absolute atomic E-state index is 13.3. The number of nitrogens with zero attached hydrogens (tertiary/aromatic N) is 6. The predicted octanol–water partition coefficient (Wildman–Crippen LogP) is 4.14. The van der Waals surface area contributed by atoms with E-state index in [1.165, 1.54) is 0 Å². The van der Waals surface area contributed by atoms with E-state index in [0.717, 1.165) is 6.20 Å². The maximum Gasteiger partial charge on any atom is 0.434 e. The van der Waals surface area contributed by atoms with Gasteiger partial charge in [0, 0.05) is 26.0 Å². The Morgan fingerprint density at radius 2 is 1.88 bits per heavy atom. The number of alkyl halides is 3. The molecule has 8 nitrogen and oxygen atoms in total. The number of pyridine rings is 2. The van der Waals surface area contributed by atoms with E-state index < -0.39 is 11.9 Å². The highest BCUT2D eigenvalue weighted by atomic mass is 19.4. The maximum atomic E-state index is 13.3. The van der Waals surface area contributed by atoms with Gasteiger partial charge in [-0.1, -0.05) is 12.1 Å². The second-order valence-electron chi connectivity index (χ2n) is 7.49. The van der Waals surface area contributed by atoms with Gasteiger partial charge in [0.2, 0.25) is 5.88 Å². The first kappa shape index (κ1) is 23.1. The molecule has 0 saturated carbocycles. The first-order chi connectivity index (χ1) is 16.3. The van der Waals surface area contributed by atoms with Crippen molar-refractivity contribution in [1.82, 2.24) is 29.5 Å². The van der Waals surface area contributed by atoms with E-state index in [4.69, 9.17) is 4.74 Å². The molecule has 11 heteroatoms. The van der Waals surface area contributed by atoms with Crippen molar-refractivity contribution in [3.63, 3.8) is 0 Å². The third-order valence-corrected chi connectivity index (χ3v) is 5.06. The van der Waals surface area contributed by atoms with Crippen LogP contribution in [-0.2, 0) is 6.18 Å². The van der Waals surface area contributed by atoms with Crippen LogP contribution < -0.4 is 4.74 Å². The van der Waals surface area contributed by atoms with E-state index >= 15 is 0 Å². The standard InChI is InChI=1S/C23H21F3N6O2/c1-31(11-6-7-13-34-19-15-28-18(14-29-19)23(24,25)26)22(33)20-17-9-3-5-12-32(17)30-21(20)16-8-2-4-10-27-16/h2-5,8-10,12,14-15H,6-7,11,13H2,1H3. The molecule has 4 rings (SSSR count). The molecule has 0 bridgehead atoms. The number of fused-ring (bicyclic) bond motifs is 1. The highest BCUT2D eigenvalue weighted by molar-refractivity contribution is 6.06. The molecule has 4 aromatic heterocycles. The highest BCUT2D eigenvalue weighted by Gasteiger charge is 2.32. The molecule has 0 saturated heterocycles. The van der Waals surface area contributed by atoms with Gasteiger partial charge < -0.3 is 9.64 Å². The summed E-state index contributed by atoms with van der Waals surface area (Å²) in [4.78, 5) is 26.2. The summed E-state index contributed by atoms with van der Waals surface area (Å²) in [6.07, 6.45) is 1.66. The Labute approximate surface area is 193 Å². The van der Waals surface area contributed by atoms with Crippen LogP contribution in [0.2, 0.25) is 0 Å². The molecule has 4 heterocycles. The molecule has 4 aromatic rings. The molecule has 1 amide bonds. The fraction of sp³-hybridized carbons (Fsp3) is 0.261. The van der Waals surface area contributed by atoms with Crippen molar-refractivity contribution in [2.45, 2.75) is 19.0 Å². The predicted molar refractivity (Wildman–Crippen MR) is 117 cm³/mol. The lowest BCUT2D eigenvalue weighted by Gasteiger charge is -2.17. The third kappa shape index (κ3) is 5.13. The zero-order valence-corrected chi connectivity index (χ0v) is 18.2. The van der Waals surface area contributed by atoms with Crippen molar-refractivity contribution in [3.8, 4) is 17.3 Å². The molecule has 176 valence electrons. The van der Waals surface area contributed by atoms with E-state index in [2.05, 4.69) is 20.1 Å². The first-order valence-electron chi connectivity index (χ1n) is 10.5. The number of hydrogen-bond donors (Lipinski definition) is 0. The Morgan fingerprint density at radius 1 is 1.06 bits per heavy atom. The number of aromatic nitrogens is 5. The summed E-state index contributed by atoms with van der Waals surface area (Å²) in [7, 11) is 1.71. The van der Waals surface area contributed by atoms with E-state index in [1.807, 2.05) is 24.3 Å². The number of hydrogen-bond acceptors (Lipinski definition) is 6. The van der Waals surface area contributed by atoms with Crippen LogP contribution in [0.25, 0.3) is 16.9 Å². The second kappa shape index (κ2) is 9.86. The molecular formula is C23H21F3N6O2. The van der Waals surface area contributed by atoms with E-state index in [9.17, 15) is 18.0 Å². The Kier molecular flexibility index (Phi) is 6.71. The SMILES string of the molecule is CN(CCCCOc1cnc(C(F)(F)F)cn1)C(=O)c1c(-c2ccccn2)nn2ccccc12. The summed E-state index contributed by atoms with van der Waals surface area (Å²) in [6.45, 7) is 0.685. The van der Waals surface area contributed by atoms with Crippen LogP contribution in [0.1, 0.15) is 28.9 Å². The van der Waals surface area contributed by atoms with Gasteiger partial charge in [-0.2, -0.15) is 18.3 Å². The number of carbonyl (C=O) groups excluding carboxylic acids is 1. The molecule has 0 aromatic carbocycles. The molecule has 0 aliphatic rings. The average molecular weight is 470 g/mol. The summed E-state index contributed by atoms with van der Waals surface area (Å²) in [6, 6.07) is 11.0. The van der Waals surface area contributed by atoms with Gasteiger partial charge in [-0.15, -0.1) is 0 Å². The van der Waals surface area contributed by atoms with Crippen LogP contribution >= 0.6 is 0 Å². The van der Waals surface area contributed by atoms with Crippen LogP contribution in [0, 0.1) is 0 Å². The van der Waals surface area contributed by atoms with Crippen LogP contribution in [-0.4, -0.2) is 55.6 Å². The second-order valence-corrected chi connectivity index (χ2v) is 7.49. The molecule has 0 N–H and O–H groups in total. The number of rotatable bonds is 8. The molecular weight excluding hydrogens is 449 g/mol. The molecule has 0 spiro atoms. The van der Waals surface area contributed by atoms with Crippen molar-refractivity contribution in [2.75, 3.05) is 20.2 Å². The van der Waals surface area contributed by atoms with Gasteiger partial charge in [-0.05, 0) is 37.1 Å². The number of amides is 1. The minimum absolute atomic E-state index is 0.0174. The summed E-state index contributed by atoms with van der Waals surface area (Å²) >= 11 is 0. The van der Waals surface area contributed by atoms with Crippen LogP contribution in [0.5, 0.6) is 5.88 Å². The molecule has 34 heavy (non-hydrogen) atoms. The van der Waals surface area contributed by atoms with Crippen molar-refractivity contribution in [2.24, 2.45) is 0 Å². The van der Waals surface area contributed by atoms with Gasteiger partial charge in [0.15, 0.2) is 5.69 Å². The monoisotopic (exact) mass is 470 g/mol. The van der Waals surface area contributed by atoms with Gasteiger partial charge in [-0.25, -0.2) is 14.5 Å². The molecule has 0 unspecified atom stereocenters. The van der Waals surface area contributed by atoms with Gasteiger partial charge in [0.1, 0.15) is 5.69 Å². The first-order valence-corrected chi connectivity index (χ1v) is 10.5. The average Bonchev–Trinajstić information content (AvgIpc) is 3.23. The number of carbonyl (C=O) groups is 1. The normalized spacial score (nSPS) is 11.5. The lowest BCUT2D eigenvalue weighted by Crippen LogP contribution is -2.28. The van der Waals surface area contributed by atoms with Crippen molar-refractivity contribution in [3.05, 3.63) is 72.4 Å². The summed E-state index contributed by atoms with van der Waals surface area (Å²) in [5, 5.41) is 4.55. The third-order valence-electron chi connectivity index (χ3n) is 5.06. The number of unbranched alkanes of at least 4 members (excludes halogenated alkanes) is 1. The smallest absolute Gasteiger partial charge is 0.434 e. The van der Waals surface area contributed by atoms with Gasteiger partial charge in [0.25, 0.3) is 5.91 Å². The van der Waals surface area contributed by atoms with Crippen molar-refractivity contribution in [1.29, 1.82) is 0 Å². The van der Waals surface area contributed by atoms with Gasteiger partial charge >= 0.3 is 6.18 Å². The van der Waals surface area contributed by atoms with Gasteiger partial charge in [-0.3, -0.25) is 9.78 Å². The fourth-order valence-electron chi connectivity index (χ4n) is 3.35. The highest BCUT2D eigenvalue weighted by Crippen LogP contribution is 2.27. The van der Waals surface area contributed by atoms with E-state index in [0.29, 0.717) is 48.1 Å². The zero-order valence-electron chi connectivity index (χ0n) is 18.2. The molecule has 0 fully saturated rings. The minimum atomic E-state index is -4.54. The van der Waals surface area contributed by atoms with E-state index in [-0.39, 0.29) is 18.4 Å². The summed E-state index contributed by atoms with van der Waals surface area (Å²) in [5.41, 5.74) is 1.20. The van der Waals surface area contributed by atoms with Crippen molar-refractivity contribution >= 4 is 11.4 Å². The van der Waals surface area contributed by atoms with Crippen LogP contribution in [0.4, 0.5) is 13.2 Å². The molecule has 0 atom stereocenters. The minimum Gasteiger partial charge on any atom is -0.477 e. The summed E-state index contributed by atoms with van der Waals surface area (Å²) < 4.78 is 44.6. The fourth-order valence-corrected chi connectivity index (χ4v) is 3.35. The van der Waals surface area contributed by atoms with Crippen LogP contribution in [0.15, 0.2) is 61.2 Å². The number of ether oxygens (including phenoxy) is 1. The topological polar surface area (TPSA) is 85.5 Å². The Balaban J connectivity index is 1.36. The Morgan fingerprint density at radius 3 is 2.59 bits per heavy atom. The Hall–Kier alpha value is -4.02. The Bertz CT molecular complexity index is 1260. The van der Waals surface area contributed by atoms with Crippen molar-refractivity contribution < 1.29 is 22.7 Å². The van der Waals surface area contributed by atoms with E-state index in [1.54, 1.807) is 41.0 Å². The number of halogens is 3. The molecule has 0 radical (unpaired) electrons. The lowest BCUT2D eigenvalue weighted by atomic mass is 10.1. The largest absolute Gasteiger partial charge is 0.477 e. The molecule has 0 aliphatic carbocycles. The summed E-state index contributed by atoms with van der Waals surface area (Å²) in [5.74, 6) is -0.167. The quantitative estimate of drug-likeness (QED) is 0.360. The zero-order chi connectivity index (χ0) is 24.1. The lowest BCUT2D eigenvalue weighted by molar-refractivity contribution is -0.141. The van der Waals surface area contributed by atoms with Crippen LogP contribution in [0.3, 0.4) is 0 Å². The van der Waals surface area contributed by atoms with Gasteiger partial charge in [0.05, 0.1) is 35.8 Å².